The minimum absolute atomic E-state index is 0.0572. The van der Waals surface area contributed by atoms with E-state index in [1.54, 1.807) is 4.90 Å². The monoisotopic (exact) mass is 482 g/mol. The van der Waals surface area contributed by atoms with Gasteiger partial charge in [0.15, 0.2) is 0 Å². The summed E-state index contributed by atoms with van der Waals surface area (Å²) in [7, 11) is 0. The molecule has 0 amide bonds. The van der Waals surface area contributed by atoms with Crippen molar-refractivity contribution in [1.82, 2.24) is 4.98 Å². The predicted molar refractivity (Wildman–Crippen MR) is 126 cm³/mol. The van der Waals surface area contributed by atoms with Gasteiger partial charge in [0.1, 0.15) is 12.3 Å². The van der Waals surface area contributed by atoms with Gasteiger partial charge in [-0.15, -0.1) is 0 Å². The molecule has 3 rings (SSSR count). The van der Waals surface area contributed by atoms with Crippen LogP contribution in [0, 0.1) is 11.8 Å². The van der Waals surface area contributed by atoms with Crippen molar-refractivity contribution in [3.63, 3.8) is 0 Å². The van der Waals surface area contributed by atoms with Gasteiger partial charge in [-0.3, -0.25) is 0 Å². The number of pyridine rings is 1. The third kappa shape index (κ3) is 8.14. The number of nitrogens with zero attached hydrogens (tertiary/aromatic N) is 2. The molecule has 2 aliphatic rings. The lowest BCUT2D eigenvalue weighted by Crippen LogP contribution is -2.45. The van der Waals surface area contributed by atoms with E-state index >= 15 is 0 Å². The molecule has 1 aliphatic heterocycles. The molecule has 5 nitrogen and oxygen atoms in total. The highest BCUT2D eigenvalue weighted by Gasteiger charge is 2.38. The number of ether oxygens (including phenoxy) is 3. The Balaban J connectivity index is 1.59. The average Bonchev–Trinajstić information content (AvgIpc) is 2.67. The average molecular weight is 483 g/mol. The van der Waals surface area contributed by atoms with Crippen LogP contribution in [0.15, 0.2) is 12.3 Å². The van der Waals surface area contributed by atoms with Gasteiger partial charge in [-0.05, 0) is 79.2 Å². The van der Waals surface area contributed by atoms with E-state index in [1.807, 2.05) is 41.5 Å². The standard InChI is InChI=1S/C26H37F3N2O3/c1-24(2,3)32-13-7-8-18-14-23(22(17-30-18)26(27,28)29)31-11-9-19(10-12-31)33-20-15-21(16-20)34-25(4,5)6/h14,17,19-21H,9-13,15-16H2,1-6H3. The largest absolute Gasteiger partial charge is 0.419 e. The smallest absolute Gasteiger partial charge is 0.375 e. The van der Waals surface area contributed by atoms with E-state index in [1.165, 1.54) is 6.07 Å². The summed E-state index contributed by atoms with van der Waals surface area (Å²) in [6, 6.07) is 1.44. The molecule has 0 unspecified atom stereocenters. The molecule has 1 saturated carbocycles. The fourth-order valence-corrected chi connectivity index (χ4v) is 4.10. The molecule has 8 heteroatoms. The van der Waals surface area contributed by atoms with Crippen LogP contribution in [-0.2, 0) is 20.4 Å². The van der Waals surface area contributed by atoms with E-state index in [-0.39, 0.29) is 41.8 Å². The summed E-state index contributed by atoms with van der Waals surface area (Å²) in [5, 5.41) is 0. The van der Waals surface area contributed by atoms with E-state index in [9.17, 15) is 13.2 Å². The molecular formula is C26H37F3N2O3. The molecule has 0 bridgehead atoms. The van der Waals surface area contributed by atoms with Crippen molar-refractivity contribution < 1.29 is 27.4 Å². The van der Waals surface area contributed by atoms with Gasteiger partial charge in [-0.1, -0.05) is 5.92 Å². The fourth-order valence-electron chi connectivity index (χ4n) is 4.10. The Morgan fingerprint density at radius 2 is 1.62 bits per heavy atom. The van der Waals surface area contributed by atoms with Crippen LogP contribution in [0.3, 0.4) is 0 Å². The molecule has 0 spiro atoms. The molecule has 0 atom stereocenters. The normalized spacial score (nSPS) is 22.2. The quantitative estimate of drug-likeness (QED) is 0.512. The zero-order valence-electron chi connectivity index (χ0n) is 21.1. The molecule has 0 radical (unpaired) electrons. The molecular weight excluding hydrogens is 445 g/mol. The lowest BCUT2D eigenvalue weighted by atomic mass is 9.90. The first-order valence-electron chi connectivity index (χ1n) is 12.0. The highest BCUT2D eigenvalue weighted by molar-refractivity contribution is 5.57. The van der Waals surface area contributed by atoms with Crippen LogP contribution in [0.25, 0.3) is 0 Å². The van der Waals surface area contributed by atoms with Gasteiger partial charge in [-0.2, -0.15) is 13.2 Å². The lowest BCUT2D eigenvalue weighted by Gasteiger charge is -2.42. The highest BCUT2D eigenvalue weighted by atomic mass is 19.4. The number of rotatable bonds is 5. The Morgan fingerprint density at radius 1 is 0.971 bits per heavy atom. The van der Waals surface area contributed by atoms with Crippen LogP contribution >= 0.6 is 0 Å². The number of alkyl halides is 3. The maximum absolute atomic E-state index is 13.7. The lowest BCUT2D eigenvalue weighted by molar-refractivity contribution is -0.164. The Labute approximate surface area is 201 Å². The zero-order chi connectivity index (χ0) is 25.1. The van der Waals surface area contributed by atoms with Crippen molar-refractivity contribution in [2.45, 2.75) is 103 Å². The third-order valence-corrected chi connectivity index (χ3v) is 5.72. The van der Waals surface area contributed by atoms with Crippen LogP contribution in [0.1, 0.15) is 78.5 Å². The Kier molecular flexibility index (Phi) is 8.22. The molecule has 1 aromatic rings. The SMILES string of the molecule is CC(C)(C)OCC#Cc1cc(N2CCC(OC3CC(OC(C)(C)C)C3)CC2)c(C(F)(F)F)cn1. The zero-order valence-corrected chi connectivity index (χ0v) is 21.1. The van der Waals surface area contributed by atoms with Crippen LogP contribution in [-0.4, -0.2) is 54.2 Å². The number of hydrogen-bond donors (Lipinski definition) is 0. The summed E-state index contributed by atoms with van der Waals surface area (Å²) >= 11 is 0. The Bertz CT molecular complexity index is 880. The number of piperidine rings is 1. The molecule has 0 aromatic carbocycles. The van der Waals surface area contributed by atoms with Gasteiger partial charge in [0.2, 0.25) is 0 Å². The van der Waals surface area contributed by atoms with Gasteiger partial charge in [0, 0.05) is 19.3 Å². The first kappa shape index (κ1) is 26.8. The summed E-state index contributed by atoms with van der Waals surface area (Å²) in [5.41, 5.74) is -0.795. The predicted octanol–water partition coefficient (Wildman–Crippen LogP) is 5.60. The first-order valence-corrected chi connectivity index (χ1v) is 12.0. The van der Waals surface area contributed by atoms with Crippen LogP contribution in [0.5, 0.6) is 0 Å². The van der Waals surface area contributed by atoms with Crippen molar-refractivity contribution >= 4 is 5.69 Å². The molecule has 1 saturated heterocycles. The molecule has 1 aromatic heterocycles. The minimum Gasteiger partial charge on any atom is -0.375 e. The maximum atomic E-state index is 13.7. The van der Waals surface area contributed by atoms with E-state index in [0.717, 1.165) is 19.0 Å². The fraction of sp³-hybridized carbons (Fsp3) is 0.731. The molecule has 34 heavy (non-hydrogen) atoms. The summed E-state index contributed by atoms with van der Waals surface area (Å²) < 4.78 is 58.7. The van der Waals surface area contributed by atoms with E-state index < -0.39 is 11.7 Å². The molecule has 2 fully saturated rings. The van der Waals surface area contributed by atoms with Gasteiger partial charge in [0.05, 0.1) is 40.8 Å². The second-order valence-electron chi connectivity index (χ2n) is 11.1. The molecule has 0 N–H and O–H groups in total. The van der Waals surface area contributed by atoms with Crippen molar-refractivity contribution in [3.8, 4) is 11.8 Å². The van der Waals surface area contributed by atoms with E-state index in [4.69, 9.17) is 14.2 Å². The summed E-state index contributed by atoms with van der Waals surface area (Å²) in [4.78, 5) is 5.70. The van der Waals surface area contributed by atoms with Crippen molar-refractivity contribution in [1.29, 1.82) is 0 Å². The Hall–Kier alpha value is -1.82. The minimum atomic E-state index is -4.48. The molecule has 190 valence electrons. The van der Waals surface area contributed by atoms with Gasteiger partial charge >= 0.3 is 6.18 Å². The third-order valence-electron chi connectivity index (χ3n) is 5.72. The summed E-state index contributed by atoms with van der Waals surface area (Å²) in [5.74, 6) is 5.67. The van der Waals surface area contributed by atoms with E-state index in [0.29, 0.717) is 31.6 Å². The van der Waals surface area contributed by atoms with Crippen molar-refractivity contribution in [2.24, 2.45) is 0 Å². The Morgan fingerprint density at radius 3 is 2.18 bits per heavy atom. The molecule has 1 aliphatic carbocycles. The van der Waals surface area contributed by atoms with Crippen molar-refractivity contribution in [2.75, 3.05) is 24.6 Å². The second kappa shape index (κ2) is 10.4. The van der Waals surface area contributed by atoms with Gasteiger partial charge in [0.25, 0.3) is 0 Å². The topological polar surface area (TPSA) is 43.8 Å². The number of anilines is 1. The first-order chi connectivity index (χ1) is 15.7. The summed E-state index contributed by atoms with van der Waals surface area (Å²) in [6.45, 7) is 13.1. The van der Waals surface area contributed by atoms with Crippen LogP contribution < -0.4 is 4.90 Å². The number of halogens is 3. The number of aromatic nitrogens is 1. The number of hydrogen-bond acceptors (Lipinski definition) is 5. The van der Waals surface area contributed by atoms with Crippen LogP contribution in [0.2, 0.25) is 0 Å². The van der Waals surface area contributed by atoms with Crippen molar-refractivity contribution in [3.05, 3.63) is 23.5 Å². The maximum Gasteiger partial charge on any atom is 0.419 e. The van der Waals surface area contributed by atoms with Gasteiger partial charge < -0.3 is 19.1 Å². The summed E-state index contributed by atoms with van der Waals surface area (Å²) in [6.07, 6.45) is -0.0226. The molecule has 2 heterocycles. The van der Waals surface area contributed by atoms with E-state index in [2.05, 4.69) is 16.8 Å². The van der Waals surface area contributed by atoms with Crippen LogP contribution in [0.4, 0.5) is 18.9 Å². The highest BCUT2D eigenvalue weighted by Crippen LogP contribution is 2.38. The second-order valence-corrected chi connectivity index (χ2v) is 11.1. The van der Waals surface area contributed by atoms with Gasteiger partial charge in [-0.25, -0.2) is 4.98 Å².